The molecule has 2 rings (SSSR count). The first-order valence-corrected chi connectivity index (χ1v) is 8.14. The van der Waals surface area contributed by atoms with Crippen LogP contribution in [0.25, 0.3) is 0 Å². The monoisotopic (exact) mass is 296 g/mol. The highest BCUT2D eigenvalue weighted by atomic mass is 32.2. The van der Waals surface area contributed by atoms with Crippen LogP contribution < -0.4 is 5.43 Å². The van der Waals surface area contributed by atoms with Gasteiger partial charge in [-0.05, 0) is 32.1 Å². The number of hydrazone groups is 1. The molecule has 0 aromatic carbocycles. The third kappa shape index (κ3) is 4.83. The van der Waals surface area contributed by atoms with Gasteiger partial charge in [0.2, 0.25) is 0 Å². The number of amides is 1. The van der Waals surface area contributed by atoms with Gasteiger partial charge < -0.3 is 0 Å². The summed E-state index contributed by atoms with van der Waals surface area (Å²) in [7, 11) is 0. The van der Waals surface area contributed by atoms with Crippen molar-refractivity contribution in [3.63, 3.8) is 0 Å². The van der Waals surface area contributed by atoms with Crippen LogP contribution in [0.5, 0.6) is 0 Å². The summed E-state index contributed by atoms with van der Waals surface area (Å²) in [5.41, 5.74) is 5.48. The number of hydrogen-bond donors (Lipinski definition) is 1. The molecule has 0 saturated carbocycles. The average molecular weight is 296 g/mol. The lowest BCUT2D eigenvalue weighted by atomic mass is 10.3. The van der Waals surface area contributed by atoms with Gasteiger partial charge >= 0.3 is 0 Å². The van der Waals surface area contributed by atoms with E-state index in [0.717, 1.165) is 35.0 Å². The fraction of sp³-hybridized carbons (Fsp3) is 0.500. The first kappa shape index (κ1) is 14.3. The van der Waals surface area contributed by atoms with Crippen molar-refractivity contribution >= 4 is 35.1 Å². The second kappa shape index (κ2) is 6.91. The van der Waals surface area contributed by atoms with Crippen molar-refractivity contribution in [1.82, 2.24) is 15.4 Å². The van der Waals surface area contributed by atoms with Gasteiger partial charge in [0.05, 0.1) is 5.75 Å². The van der Waals surface area contributed by atoms with E-state index in [1.807, 2.05) is 31.7 Å². The largest absolute Gasteiger partial charge is 0.272 e. The molecule has 7 heteroatoms. The number of aryl methyl sites for hydroxylation is 2. The zero-order valence-corrected chi connectivity index (χ0v) is 12.6. The van der Waals surface area contributed by atoms with Crippen molar-refractivity contribution in [3.8, 4) is 0 Å². The first-order chi connectivity index (χ1) is 9.13. The van der Waals surface area contributed by atoms with Crippen LogP contribution in [-0.2, 0) is 4.79 Å². The van der Waals surface area contributed by atoms with Crippen LogP contribution in [0.15, 0.2) is 16.3 Å². The molecule has 0 spiro atoms. The molecule has 1 aromatic heterocycles. The van der Waals surface area contributed by atoms with Crippen LogP contribution in [0.1, 0.15) is 17.8 Å². The predicted molar refractivity (Wildman–Crippen MR) is 79.7 cm³/mol. The lowest BCUT2D eigenvalue weighted by Crippen LogP contribution is -2.21. The molecule has 0 radical (unpaired) electrons. The minimum Gasteiger partial charge on any atom is -0.272 e. The van der Waals surface area contributed by atoms with E-state index in [0.29, 0.717) is 5.16 Å². The fourth-order valence-corrected chi connectivity index (χ4v) is 3.31. The summed E-state index contributed by atoms with van der Waals surface area (Å²) in [6.07, 6.45) is 0.971. The van der Waals surface area contributed by atoms with E-state index in [-0.39, 0.29) is 11.7 Å². The maximum atomic E-state index is 11.6. The lowest BCUT2D eigenvalue weighted by molar-refractivity contribution is -0.118. The lowest BCUT2D eigenvalue weighted by Gasteiger charge is -2.02. The molecule has 0 unspecified atom stereocenters. The second-order valence-electron chi connectivity index (χ2n) is 4.24. The zero-order chi connectivity index (χ0) is 13.7. The van der Waals surface area contributed by atoms with Crippen LogP contribution >= 0.6 is 23.5 Å². The summed E-state index contributed by atoms with van der Waals surface area (Å²) in [5, 5.41) is 4.75. The van der Waals surface area contributed by atoms with E-state index < -0.39 is 0 Å². The van der Waals surface area contributed by atoms with E-state index in [4.69, 9.17) is 0 Å². The SMILES string of the molecule is Cc1cc(C)nc(SCC(=O)N/N=C2\CCSC2)n1. The Kier molecular flexibility index (Phi) is 5.21. The highest BCUT2D eigenvalue weighted by Gasteiger charge is 2.10. The van der Waals surface area contributed by atoms with Crippen LogP contribution in [0, 0.1) is 13.8 Å². The molecule has 1 amide bonds. The highest BCUT2D eigenvalue weighted by molar-refractivity contribution is 8.00. The quantitative estimate of drug-likeness (QED) is 0.521. The maximum absolute atomic E-state index is 11.6. The first-order valence-electron chi connectivity index (χ1n) is 6.00. The molecule has 1 N–H and O–H groups in total. The summed E-state index contributed by atoms with van der Waals surface area (Å²) in [4.78, 5) is 20.2. The molecule has 1 aliphatic rings. The van der Waals surface area contributed by atoms with Crippen molar-refractivity contribution in [2.24, 2.45) is 5.10 Å². The Hall–Kier alpha value is -1.08. The van der Waals surface area contributed by atoms with Gasteiger partial charge in [-0.2, -0.15) is 16.9 Å². The van der Waals surface area contributed by atoms with Gasteiger partial charge in [-0.1, -0.05) is 11.8 Å². The smallest absolute Gasteiger partial charge is 0.250 e. The third-order valence-electron chi connectivity index (χ3n) is 2.44. The molecule has 0 atom stereocenters. The Labute approximate surface area is 121 Å². The van der Waals surface area contributed by atoms with Crippen molar-refractivity contribution in [2.75, 3.05) is 17.3 Å². The summed E-state index contributed by atoms with van der Waals surface area (Å²) in [5.74, 6) is 2.19. The molecule has 2 heterocycles. The molecule has 5 nitrogen and oxygen atoms in total. The van der Waals surface area contributed by atoms with Gasteiger partial charge in [0, 0.05) is 22.9 Å². The van der Waals surface area contributed by atoms with Crippen molar-refractivity contribution < 1.29 is 4.79 Å². The highest BCUT2D eigenvalue weighted by Crippen LogP contribution is 2.15. The molecule has 1 aliphatic heterocycles. The van der Waals surface area contributed by atoms with Crippen molar-refractivity contribution in [1.29, 1.82) is 0 Å². The number of carbonyl (C=O) groups excluding carboxylic acids is 1. The van der Waals surface area contributed by atoms with Gasteiger partial charge in [-0.25, -0.2) is 15.4 Å². The van der Waals surface area contributed by atoms with E-state index in [1.54, 1.807) is 0 Å². The van der Waals surface area contributed by atoms with E-state index >= 15 is 0 Å². The topological polar surface area (TPSA) is 67.2 Å². The normalized spacial score (nSPS) is 16.8. The minimum absolute atomic E-state index is 0.114. The number of carbonyl (C=O) groups is 1. The standard InChI is InChI=1S/C12H16N4OS2/c1-8-5-9(2)14-12(13-8)19-7-11(17)16-15-10-3-4-18-6-10/h5H,3-4,6-7H2,1-2H3,(H,16,17)/b15-10+. The molecule has 1 saturated heterocycles. The second-order valence-corrected chi connectivity index (χ2v) is 6.29. The van der Waals surface area contributed by atoms with Crippen LogP contribution in [0.2, 0.25) is 0 Å². The Morgan fingerprint density at radius 3 is 2.84 bits per heavy atom. The summed E-state index contributed by atoms with van der Waals surface area (Å²) >= 11 is 3.17. The van der Waals surface area contributed by atoms with Crippen molar-refractivity contribution in [3.05, 3.63) is 17.5 Å². The molecule has 19 heavy (non-hydrogen) atoms. The van der Waals surface area contributed by atoms with Crippen LogP contribution in [0.3, 0.4) is 0 Å². The summed E-state index contributed by atoms with van der Waals surface area (Å²) in [6, 6.07) is 1.91. The van der Waals surface area contributed by atoms with E-state index in [1.165, 1.54) is 11.8 Å². The van der Waals surface area contributed by atoms with E-state index in [2.05, 4.69) is 20.5 Å². The van der Waals surface area contributed by atoms with E-state index in [9.17, 15) is 4.79 Å². The Balaban J connectivity index is 1.81. The van der Waals surface area contributed by atoms with Crippen LogP contribution in [-0.4, -0.2) is 38.8 Å². The Morgan fingerprint density at radius 2 is 2.21 bits per heavy atom. The van der Waals surface area contributed by atoms with Gasteiger partial charge in [0.25, 0.3) is 5.91 Å². The summed E-state index contributed by atoms with van der Waals surface area (Å²) < 4.78 is 0. The molecule has 0 aliphatic carbocycles. The number of aromatic nitrogens is 2. The number of nitrogens with one attached hydrogen (secondary N) is 1. The number of rotatable bonds is 4. The van der Waals surface area contributed by atoms with Gasteiger partial charge in [-0.3, -0.25) is 4.79 Å². The maximum Gasteiger partial charge on any atom is 0.250 e. The van der Waals surface area contributed by atoms with Gasteiger partial charge in [0.15, 0.2) is 5.16 Å². The zero-order valence-electron chi connectivity index (χ0n) is 11.0. The Morgan fingerprint density at radius 1 is 1.47 bits per heavy atom. The predicted octanol–water partition coefficient (Wildman–Crippen LogP) is 1.79. The van der Waals surface area contributed by atoms with Gasteiger partial charge in [0.1, 0.15) is 0 Å². The number of thioether (sulfide) groups is 2. The average Bonchev–Trinajstić information content (AvgIpc) is 2.86. The molecule has 1 fully saturated rings. The van der Waals surface area contributed by atoms with Crippen LogP contribution in [0.4, 0.5) is 0 Å². The molecule has 102 valence electrons. The third-order valence-corrected chi connectivity index (χ3v) is 4.31. The number of nitrogens with zero attached hydrogens (tertiary/aromatic N) is 3. The van der Waals surface area contributed by atoms with Crippen molar-refractivity contribution in [2.45, 2.75) is 25.4 Å². The molecular formula is C12H16N4OS2. The summed E-state index contributed by atoms with van der Waals surface area (Å²) in [6.45, 7) is 3.84. The molecule has 1 aromatic rings. The van der Waals surface area contributed by atoms with Gasteiger partial charge in [-0.15, -0.1) is 0 Å². The Bertz CT molecular complexity index is 476. The molecular weight excluding hydrogens is 280 g/mol. The minimum atomic E-state index is -0.114. The fourth-order valence-electron chi connectivity index (χ4n) is 1.60. The number of hydrogen-bond acceptors (Lipinski definition) is 6. The molecule has 0 bridgehead atoms.